The number of thioether (sulfide) groups is 1. The summed E-state index contributed by atoms with van der Waals surface area (Å²) in [6.45, 7) is 0. The second kappa shape index (κ2) is 6.76. The van der Waals surface area contributed by atoms with E-state index in [1.807, 2.05) is 6.07 Å². The summed E-state index contributed by atoms with van der Waals surface area (Å²) >= 11 is 0.921. The van der Waals surface area contributed by atoms with E-state index in [2.05, 4.69) is 10.1 Å². The van der Waals surface area contributed by atoms with Gasteiger partial charge in [0.2, 0.25) is 0 Å². The van der Waals surface area contributed by atoms with E-state index in [1.54, 1.807) is 48.5 Å². The fourth-order valence-electron chi connectivity index (χ4n) is 2.28. The van der Waals surface area contributed by atoms with Gasteiger partial charge in [0.15, 0.2) is 5.37 Å². The molecule has 1 N–H and O–H groups in total. The Balaban J connectivity index is 1.74. The van der Waals surface area contributed by atoms with Crippen LogP contribution >= 0.6 is 11.8 Å². The first-order chi connectivity index (χ1) is 11.6. The van der Waals surface area contributed by atoms with Gasteiger partial charge in [-0.15, -0.1) is 0 Å². The van der Waals surface area contributed by atoms with Crippen LogP contribution in [0.15, 0.2) is 54.6 Å². The van der Waals surface area contributed by atoms with Crippen LogP contribution in [-0.4, -0.2) is 29.6 Å². The van der Waals surface area contributed by atoms with Gasteiger partial charge in [0, 0.05) is 5.69 Å². The van der Waals surface area contributed by atoms with Gasteiger partial charge in [-0.1, -0.05) is 18.2 Å². The van der Waals surface area contributed by atoms with Crippen molar-refractivity contribution in [3.05, 3.63) is 60.2 Å². The summed E-state index contributed by atoms with van der Waals surface area (Å²) in [5, 5.41) is 1.97. The third-order valence-corrected chi connectivity index (χ3v) is 4.40. The topological polar surface area (TPSA) is 75.7 Å². The highest BCUT2D eigenvalue weighted by atomic mass is 32.2. The third kappa shape index (κ3) is 3.11. The molecule has 0 aliphatic carbocycles. The predicted octanol–water partition coefficient (Wildman–Crippen LogP) is 3.11. The Labute approximate surface area is 142 Å². The number of rotatable bonds is 4. The Hall–Kier alpha value is -2.80. The summed E-state index contributed by atoms with van der Waals surface area (Å²) in [7, 11) is 1.31. The van der Waals surface area contributed by atoms with E-state index in [-0.39, 0.29) is 11.1 Å². The first kappa shape index (κ1) is 16.1. The molecule has 0 unspecified atom stereocenters. The number of carbonyl (C=O) groups excluding carboxylic acids is 3. The second-order valence-electron chi connectivity index (χ2n) is 4.99. The van der Waals surface area contributed by atoms with Crippen LogP contribution in [0.5, 0.6) is 0 Å². The largest absolute Gasteiger partial charge is 0.465 e. The minimum Gasteiger partial charge on any atom is -0.465 e. The van der Waals surface area contributed by atoms with Crippen LogP contribution in [0, 0.1) is 0 Å². The SMILES string of the molecule is COC(=O)c1ccc(N[C@H]2SC(=O)N(c3ccccc3)C2=O)cc1. The van der Waals surface area contributed by atoms with Gasteiger partial charge >= 0.3 is 5.97 Å². The number of imide groups is 1. The number of para-hydroxylation sites is 1. The normalized spacial score (nSPS) is 17.0. The molecule has 2 aromatic rings. The van der Waals surface area contributed by atoms with Gasteiger partial charge in [0.05, 0.1) is 18.4 Å². The van der Waals surface area contributed by atoms with E-state index >= 15 is 0 Å². The molecule has 6 nitrogen and oxygen atoms in total. The van der Waals surface area contributed by atoms with E-state index in [4.69, 9.17) is 0 Å². The van der Waals surface area contributed by atoms with Gasteiger partial charge in [-0.2, -0.15) is 0 Å². The molecule has 1 fully saturated rings. The number of esters is 1. The van der Waals surface area contributed by atoms with E-state index < -0.39 is 11.3 Å². The maximum absolute atomic E-state index is 12.5. The Morgan fingerprint density at radius 1 is 1.08 bits per heavy atom. The molecule has 1 aliphatic heterocycles. The average molecular weight is 342 g/mol. The fraction of sp³-hybridized carbons (Fsp3) is 0.118. The van der Waals surface area contributed by atoms with Crippen LogP contribution in [0.2, 0.25) is 0 Å². The number of methoxy groups -OCH3 is 1. The molecule has 3 rings (SSSR count). The summed E-state index contributed by atoms with van der Waals surface area (Å²) in [6, 6.07) is 15.3. The van der Waals surface area contributed by atoms with Gasteiger partial charge in [-0.3, -0.25) is 9.59 Å². The molecule has 0 bridgehead atoms. The molecule has 0 saturated carbocycles. The summed E-state index contributed by atoms with van der Waals surface area (Å²) in [5.74, 6) is -0.758. The minimum absolute atomic E-state index is 0.324. The van der Waals surface area contributed by atoms with Crippen molar-refractivity contribution in [1.29, 1.82) is 0 Å². The highest BCUT2D eigenvalue weighted by Crippen LogP contribution is 2.32. The predicted molar refractivity (Wildman–Crippen MR) is 92.1 cm³/mol. The van der Waals surface area contributed by atoms with Crippen molar-refractivity contribution in [3.8, 4) is 0 Å². The number of benzene rings is 2. The van der Waals surface area contributed by atoms with Gasteiger partial charge in [0.25, 0.3) is 11.1 Å². The Morgan fingerprint density at radius 3 is 2.38 bits per heavy atom. The van der Waals surface area contributed by atoms with Crippen molar-refractivity contribution in [2.24, 2.45) is 0 Å². The van der Waals surface area contributed by atoms with Gasteiger partial charge in [0.1, 0.15) is 0 Å². The molecular formula is C17H14N2O4S. The highest BCUT2D eigenvalue weighted by molar-refractivity contribution is 8.16. The van der Waals surface area contributed by atoms with Crippen molar-refractivity contribution >= 4 is 40.3 Å². The summed E-state index contributed by atoms with van der Waals surface area (Å²) in [6.07, 6.45) is 0. The van der Waals surface area contributed by atoms with E-state index in [9.17, 15) is 14.4 Å². The van der Waals surface area contributed by atoms with E-state index in [0.29, 0.717) is 16.9 Å². The Morgan fingerprint density at radius 2 is 1.75 bits per heavy atom. The number of ether oxygens (including phenoxy) is 1. The molecule has 1 aliphatic rings. The lowest BCUT2D eigenvalue weighted by Gasteiger charge is -2.14. The first-order valence-corrected chi connectivity index (χ1v) is 8.02. The molecule has 0 radical (unpaired) electrons. The fourth-order valence-corrected chi connectivity index (χ4v) is 3.19. The maximum atomic E-state index is 12.5. The van der Waals surface area contributed by atoms with Crippen molar-refractivity contribution in [1.82, 2.24) is 0 Å². The summed E-state index contributed by atoms with van der Waals surface area (Å²) < 4.78 is 4.63. The standard InChI is InChI=1S/C17H14N2O4S/c1-23-16(21)11-7-9-12(10-8-11)18-14-15(20)19(17(22)24-14)13-5-3-2-4-6-13/h2-10,14,18H,1H3/t14-/m0/s1. The second-order valence-corrected chi connectivity index (χ2v) is 6.04. The lowest BCUT2D eigenvalue weighted by atomic mass is 10.2. The quantitative estimate of drug-likeness (QED) is 0.861. The van der Waals surface area contributed by atoms with Gasteiger partial charge in [-0.25, -0.2) is 9.69 Å². The van der Waals surface area contributed by atoms with E-state index in [1.165, 1.54) is 7.11 Å². The van der Waals surface area contributed by atoms with Crippen molar-refractivity contribution in [2.45, 2.75) is 5.37 Å². The summed E-state index contributed by atoms with van der Waals surface area (Å²) in [5.41, 5.74) is 1.59. The lowest BCUT2D eigenvalue weighted by molar-refractivity contribution is -0.116. The number of nitrogens with one attached hydrogen (secondary N) is 1. The molecule has 2 amide bonds. The number of anilines is 2. The molecule has 24 heavy (non-hydrogen) atoms. The number of hydrogen-bond donors (Lipinski definition) is 1. The number of amides is 2. The molecule has 2 aromatic carbocycles. The molecular weight excluding hydrogens is 328 g/mol. The van der Waals surface area contributed by atoms with Crippen molar-refractivity contribution in [3.63, 3.8) is 0 Å². The Bertz CT molecular complexity index is 777. The third-order valence-electron chi connectivity index (χ3n) is 3.46. The minimum atomic E-state index is -0.707. The zero-order valence-corrected chi connectivity index (χ0v) is 13.6. The van der Waals surface area contributed by atoms with Crippen LogP contribution < -0.4 is 10.2 Å². The molecule has 122 valence electrons. The molecule has 1 heterocycles. The molecule has 1 saturated heterocycles. The van der Waals surface area contributed by atoms with Crippen LogP contribution in [0.4, 0.5) is 16.2 Å². The maximum Gasteiger partial charge on any atom is 0.337 e. The molecule has 0 aromatic heterocycles. The number of hydrogen-bond acceptors (Lipinski definition) is 6. The van der Waals surface area contributed by atoms with Crippen LogP contribution in [0.25, 0.3) is 0 Å². The Kier molecular flexibility index (Phi) is 4.52. The lowest BCUT2D eigenvalue weighted by Crippen LogP contribution is -2.34. The van der Waals surface area contributed by atoms with Gasteiger partial charge in [-0.05, 0) is 48.2 Å². The zero-order valence-electron chi connectivity index (χ0n) is 12.8. The van der Waals surface area contributed by atoms with E-state index in [0.717, 1.165) is 16.7 Å². The smallest absolute Gasteiger partial charge is 0.337 e. The first-order valence-electron chi connectivity index (χ1n) is 7.14. The monoisotopic (exact) mass is 342 g/mol. The average Bonchev–Trinajstić information content (AvgIpc) is 2.89. The van der Waals surface area contributed by atoms with Crippen molar-refractivity contribution < 1.29 is 19.1 Å². The summed E-state index contributed by atoms with van der Waals surface area (Å²) in [4.78, 5) is 37.2. The molecule has 0 spiro atoms. The van der Waals surface area contributed by atoms with Gasteiger partial charge < -0.3 is 10.1 Å². The highest BCUT2D eigenvalue weighted by Gasteiger charge is 2.40. The zero-order chi connectivity index (χ0) is 17.1. The molecule has 7 heteroatoms. The van der Waals surface area contributed by atoms with Crippen molar-refractivity contribution in [2.75, 3.05) is 17.3 Å². The van der Waals surface area contributed by atoms with Crippen LogP contribution in [0.3, 0.4) is 0 Å². The number of nitrogens with zero attached hydrogens (tertiary/aromatic N) is 1. The number of carbonyl (C=O) groups is 3. The van der Waals surface area contributed by atoms with Crippen LogP contribution in [-0.2, 0) is 9.53 Å². The van der Waals surface area contributed by atoms with Crippen LogP contribution in [0.1, 0.15) is 10.4 Å². The molecule has 1 atom stereocenters.